The summed E-state index contributed by atoms with van der Waals surface area (Å²) in [5.41, 5.74) is 5.15. The average molecular weight is 493 g/mol. The molecule has 36 heavy (non-hydrogen) atoms. The fourth-order valence-electron chi connectivity index (χ4n) is 4.04. The predicted octanol–water partition coefficient (Wildman–Crippen LogP) is 5.90. The highest BCUT2D eigenvalue weighted by molar-refractivity contribution is 6.00. The summed E-state index contributed by atoms with van der Waals surface area (Å²) >= 11 is 0. The smallest absolute Gasteiger partial charge is 0.338 e. The zero-order chi connectivity index (χ0) is 26.4. The molecule has 0 unspecified atom stereocenters. The van der Waals surface area contributed by atoms with E-state index in [0.29, 0.717) is 30.1 Å². The van der Waals surface area contributed by atoms with Crippen molar-refractivity contribution in [3.05, 3.63) is 70.4 Å². The van der Waals surface area contributed by atoms with Gasteiger partial charge in [-0.05, 0) is 68.0 Å². The minimum Gasteiger partial charge on any atom is -0.462 e. The molecule has 192 valence electrons. The minimum absolute atomic E-state index is 0.193. The largest absolute Gasteiger partial charge is 0.462 e. The van der Waals surface area contributed by atoms with E-state index in [2.05, 4.69) is 16.0 Å². The van der Waals surface area contributed by atoms with Crippen molar-refractivity contribution < 1.29 is 19.1 Å². The molecule has 3 rings (SSSR count). The fourth-order valence-corrected chi connectivity index (χ4v) is 4.04. The van der Waals surface area contributed by atoms with E-state index in [-0.39, 0.29) is 18.0 Å². The molecule has 0 saturated heterocycles. The highest BCUT2D eigenvalue weighted by Crippen LogP contribution is 2.32. The average Bonchev–Trinajstić information content (AvgIpc) is 2.83. The third-order valence-electron chi connectivity index (χ3n) is 6.17. The van der Waals surface area contributed by atoms with Gasteiger partial charge in [0.1, 0.15) is 0 Å². The molecule has 0 fully saturated rings. The van der Waals surface area contributed by atoms with Crippen molar-refractivity contribution in [2.45, 2.75) is 54.0 Å². The van der Waals surface area contributed by atoms with E-state index in [4.69, 9.17) is 4.74 Å². The van der Waals surface area contributed by atoms with Crippen molar-refractivity contribution in [2.24, 2.45) is 5.92 Å². The summed E-state index contributed by atoms with van der Waals surface area (Å²) < 4.78 is 5.54. The molecule has 1 aliphatic rings. The summed E-state index contributed by atoms with van der Waals surface area (Å²) in [6, 6.07) is 11.5. The number of benzene rings is 2. The van der Waals surface area contributed by atoms with Crippen molar-refractivity contribution in [2.75, 3.05) is 23.8 Å². The molecule has 0 radical (unpaired) electrons. The molecule has 0 saturated carbocycles. The molecule has 1 atom stereocenters. The van der Waals surface area contributed by atoms with Crippen LogP contribution in [0.15, 0.2) is 53.7 Å². The molecule has 4 amide bonds. The fraction of sp³-hybridized carbons (Fsp3) is 0.393. The summed E-state index contributed by atoms with van der Waals surface area (Å²) in [5.74, 6) is -0.249. The standard InChI is InChI=1S/C28H36N4O4/c1-7-15-32-20(6)24(26(33)36-16-17(2)3)25(31-28(32)35)21-11-13-22(14-12-21)29-27(34)30-23-10-8-9-18(4)19(23)5/h8-14,17,25H,7,15-16H2,1-6H3,(H,31,35)(H2,29,30,34)/t25-/m0/s1. The van der Waals surface area contributed by atoms with E-state index in [0.717, 1.165) is 28.8 Å². The molecular weight excluding hydrogens is 456 g/mol. The normalized spacial score (nSPS) is 15.6. The van der Waals surface area contributed by atoms with Crippen LogP contribution in [0.3, 0.4) is 0 Å². The number of aryl methyl sites for hydroxylation is 1. The second-order valence-electron chi connectivity index (χ2n) is 9.47. The van der Waals surface area contributed by atoms with Gasteiger partial charge in [-0.25, -0.2) is 14.4 Å². The Labute approximate surface area is 213 Å². The van der Waals surface area contributed by atoms with E-state index in [9.17, 15) is 14.4 Å². The van der Waals surface area contributed by atoms with Gasteiger partial charge in [-0.1, -0.05) is 45.0 Å². The zero-order valence-corrected chi connectivity index (χ0v) is 21.9. The van der Waals surface area contributed by atoms with Gasteiger partial charge in [0.05, 0.1) is 18.2 Å². The Bertz CT molecular complexity index is 1150. The van der Waals surface area contributed by atoms with Gasteiger partial charge in [-0.3, -0.25) is 4.90 Å². The van der Waals surface area contributed by atoms with Crippen molar-refractivity contribution >= 4 is 29.4 Å². The third kappa shape index (κ3) is 6.24. The number of hydrogen-bond donors (Lipinski definition) is 3. The second-order valence-corrected chi connectivity index (χ2v) is 9.47. The maximum absolute atomic E-state index is 13.1. The lowest BCUT2D eigenvalue weighted by Gasteiger charge is -2.35. The van der Waals surface area contributed by atoms with Gasteiger partial charge in [0.2, 0.25) is 0 Å². The number of ether oxygens (including phenoxy) is 1. The van der Waals surface area contributed by atoms with E-state index in [1.807, 2.05) is 52.8 Å². The van der Waals surface area contributed by atoms with Gasteiger partial charge >= 0.3 is 18.0 Å². The molecular formula is C28H36N4O4. The van der Waals surface area contributed by atoms with Crippen molar-refractivity contribution in [3.63, 3.8) is 0 Å². The topological polar surface area (TPSA) is 99.8 Å². The predicted molar refractivity (Wildman–Crippen MR) is 142 cm³/mol. The molecule has 2 aromatic carbocycles. The second kappa shape index (κ2) is 11.7. The molecule has 2 aromatic rings. The summed E-state index contributed by atoms with van der Waals surface area (Å²) in [6.07, 6.45) is 0.758. The lowest BCUT2D eigenvalue weighted by atomic mass is 9.94. The molecule has 3 N–H and O–H groups in total. The maximum atomic E-state index is 13.1. The number of anilines is 2. The Morgan fingerprint density at radius 3 is 2.39 bits per heavy atom. The van der Waals surface area contributed by atoms with Gasteiger partial charge in [0.15, 0.2) is 0 Å². The van der Waals surface area contributed by atoms with Gasteiger partial charge < -0.3 is 20.7 Å². The molecule has 8 nitrogen and oxygen atoms in total. The van der Waals surface area contributed by atoms with Crippen LogP contribution < -0.4 is 16.0 Å². The van der Waals surface area contributed by atoms with Crippen LogP contribution in [-0.2, 0) is 9.53 Å². The molecule has 8 heteroatoms. The number of nitrogens with zero attached hydrogens (tertiary/aromatic N) is 1. The molecule has 1 heterocycles. The van der Waals surface area contributed by atoms with Crippen LogP contribution in [0.25, 0.3) is 0 Å². The van der Waals surface area contributed by atoms with E-state index >= 15 is 0 Å². The number of hydrogen-bond acceptors (Lipinski definition) is 4. The van der Waals surface area contributed by atoms with Crippen LogP contribution >= 0.6 is 0 Å². The minimum atomic E-state index is -0.650. The van der Waals surface area contributed by atoms with Crippen LogP contribution in [0.5, 0.6) is 0 Å². The number of allylic oxidation sites excluding steroid dienone is 1. The van der Waals surface area contributed by atoms with Gasteiger partial charge in [0, 0.05) is 23.6 Å². The van der Waals surface area contributed by atoms with E-state index in [1.54, 1.807) is 36.1 Å². The molecule has 0 bridgehead atoms. The molecule has 0 aliphatic carbocycles. The van der Waals surface area contributed by atoms with Crippen molar-refractivity contribution in [3.8, 4) is 0 Å². The quantitative estimate of drug-likeness (QED) is 0.400. The highest BCUT2D eigenvalue weighted by atomic mass is 16.5. The first kappa shape index (κ1) is 26.8. The van der Waals surface area contributed by atoms with Gasteiger partial charge in [-0.2, -0.15) is 0 Å². The first-order valence-corrected chi connectivity index (χ1v) is 12.3. The number of nitrogens with one attached hydrogen (secondary N) is 3. The lowest BCUT2D eigenvalue weighted by Crippen LogP contribution is -2.48. The van der Waals surface area contributed by atoms with Crippen LogP contribution in [0, 0.1) is 19.8 Å². The van der Waals surface area contributed by atoms with Crippen molar-refractivity contribution in [1.82, 2.24) is 10.2 Å². The Morgan fingerprint density at radius 1 is 1.06 bits per heavy atom. The lowest BCUT2D eigenvalue weighted by molar-refractivity contribution is -0.140. The number of carbonyl (C=O) groups excluding carboxylic acids is 3. The molecule has 0 aromatic heterocycles. The number of amides is 4. The SMILES string of the molecule is CCCN1C(=O)N[C@@H](c2ccc(NC(=O)Nc3cccc(C)c3C)cc2)C(C(=O)OCC(C)C)=C1C. The zero-order valence-electron chi connectivity index (χ0n) is 21.9. The first-order chi connectivity index (χ1) is 17.1. The van der Waals surface area contributed by atoms with Gasteiger partial charge in [-0.15, -0.1) is 0 Å². The molecule has 0 spiro atoms. The summed E-state index contributed by atoms with van der Waals surface area (Å²) in [4.78, 5) is 40.0. The Morgan fingerprint density at radius 2 is 1.75 bits per heavy atom. The summed E-state index contributed by atoms with van der Waals surface area (Å²) in [5, 5.41) is 8.65. The van der Waals surface area contributed by atoms with Crippen molar-refractivity contribution in [1.29, 1.82) is 0 Å². The van der Waals surface area contributed by atoms with Crippen LogP contribution in [-0.4, -0.2) is 36.1 Å². The van der Waals surface area contributed by atoms with Crippen LogP contribution in [0.1, 0.15) is 56.8 Å². The van der Waals surface area contributed by atoms with Gasteiger partial charge in [0.25, 0.3) is 0 Å². The van der Waals surface area contributed by atoms with E-state index in [1.165, 1.54) is 0 Å². The third-order valence-corrected chi connectivity index (χ3v) is 6.17. The maximum Gasteiger partial charge on any atom is 0.338 e. The van der Waals surface area contributed by atoms with Crippen LogP contribution in [0.4, 0.5) is 21.0 Å². The highest BCUT2D eigenvalue weighted by Gasteiger charge is 2.36. The summed E-state index contributed by atoms with van der Waals surface area (Å²) in [6.45, 7) is 12.4. The monoisotopic (exact) mass is 492 g/mol. The first-order valence-electron chi connectivity index (χ1n) is 12.3. The Hall–Kier alpha value is -3.81. The number of rotatable bonds is 8. The Kier molecular flexibility index (Phi) is 8.74. The number of esters is 1. The Balaban J connectivity index is 1.80. The molecule has 1 aliphatic heterocycles. The van der Waals surface area contributed by atoms with Crippen LogP contribution in [0.2, 0.25) is 0 Å². The number of carbonyl (C=O) groups is 3. The number of urea groups is 2. The van der Waals surface area contributed by atoms with E-state index < -0.39 is 12.0 Å². The summed E-state index contributed by atoms with van der Waals surface area (Å²) in [7, 11) is 0.